The lowest BCUT2D eigenvalue weighted by atomic mass is 10.1. The Morgan fingerprint density at radius 1 is 1.58 bits per heavy atom. The molecule has 0 aliphatic carbocycles. The number of carbonyl (C=O) groups excluding carboxylic acids is 1. The molecule has 0 aliphatic rings. The Morgan fingerprint density at radius 3 is 2.84 bits per heavy atom. The molecule has 1 N–H and O–H groups in total. The highest BCUT2D eigenvalue weighted by atomic mass is 79.9. The van der Waals surface area contributed by atoms with Crippen LogP contribution >= 0.6 is 27.5 Å². The van der Waals surface area contributed by atoms with Gasteiger partial charge in [-0.25, -0.2) is 0 Å². The lowest BCUT2D eigenvalue weighted by molar-refractivity contribution is -0.385. The molecule has 1 aromatic carbocycles. The van der Waals surface area contributed by atoms with Crippen molar-refractivity contribution in [1.82, 2.24) is 5.32 Å². The van der Waals surface area contributed by atoms with Gasteiger partial charge in [-0.1, -0.05) is 40.9 Å². The van der Waals surface area contributed by atoms with E-state index in [1.807, 2.05) is 6.92 Å². The maximum Gasteiger partial charge on any atom is 0.283 e. The number of rotatable bonds is 6. The van der Waals surface area contributed by atoms with Gasteiger partial charge >= 0.3 is 0 Å². The summed E-state index contributed by atoms with van der Waals surface area (Å²) in [5.41, 5.74) is -0.266. The molecule has 0 bridgehead atoms. The highest BCUT2D eigenvalue weighted by Crippen LogP contribution is 2.23. The molecule has 1 rings (SSSR count). The Bertz CT molecular complexity index is 482. The number of nitro groups is 1. The van der Waals surface area contributed by atoms with E-state index in [4.69, 9.17) is 11.6 Å². The number of carbonyl (C=O) groups is 1. The second-order valence-corrected chi connectivity index (χ2v) is 5.75. The fraction of sp³-hybridized carbons (Fsp3) is 0.417. The summed E-state index contributed by atoms with van der Waals surface area (Å²) in [6.45, 7) is 2.46. The monoisotopic (exact) mass is 348 g/mol. The topological polar surface area (TPSA) is 72.2 Å². The normalized spacial score (nSPS) is 11.9. The molecule has 5 nitrogen and oxygen atoms in total. The molecule has 0 aromatic heterocycles. The van der Waals surface area contributed by atoms with Crippen LogP contribution in [0.2, 0.25) is 5.02 Å². The van der Waals surface area contributed by atoms with Gasteiger partial charge in [0.15, 0.2) is 0 Å². The highest BCUT2D eigenvalue weighted by Gasteiger charge is 2.20. The molecule has 0 saturated heterocycles. The van der Waals surface area contributed by atoms with Crippen LogP contribution in [-0.4, -0.2) is 22.2 Å². The zero-order valence-corrected chi connectivity index (χ0v) is 12.7. The molecule has 0 heterocycles. The van der Waals surface area contributed by atoms with Crippen molar-refractivity contribution < 1.29 is 9.72 Å². The molecule has 19 heavy (non-hydrogen) atoms. The number of halogens is 2. The lowest BCUT2D eigenvalue weighted by Gasteiger charge is -2.10. The molecular weight excluding hydrogens is 336 g/mol. The van der Waals surface area contributed by atoms with Gasteiger partial charge in [0.2, 0.25) is 0 Å². The van der Waals surface area contributed by atoms with Gasteiger partial charge < -0.3 is 5.32 Å². The van der Waals surface area contributed by atoms with Crippen molar-refractivity contribution in [3.63, 3.8) is 0 Å². The number of nitrogens with one attached hydrogen (secondary N) is 1. The summed E-state index contributed by atoms with van der Waals surface area (Å²) in [6, 6.07) is 3.99. The van der Waals surface area contributed by atoms with E-state index in [0.29, 0.717) is 6.54 Å². The predicted molar refractivity (Wildman–Crippen MR) is 78.1 cm³/mol. The van der Waals surface area contributed by atoms with Crippen molar-refractivity contribution in [3.8, 4) is 0 Å². The Morgan fingerprint density at radius 2 is 2.26 bits per heavy atom. The van der Waals surface area contributed by atoms with Crippen molar-refractivity contribution in [1.29, 1.82) is 0 Å². The third kappa shape index (κ3) is 4.80. The average molecular weight is 350 g/mol. The van der Waals surface area contributed by atoms with Crippen molar-refractivity contribution in [3.05, 3.63) is 38.9 Å². The van der Waals surface area contributed by atoms with Crippen LogP contribution in [-0.2, 0) is 0 Å². The molecule has 0 spiro atoms. The predicted octanol–water partition coefficient (Wildman–Crippen LogP) is 3.54. The van der Waals surface area contributed by atoms with Crippen molar-refractivity contribution in [2.24, 2.45) is 0 Å². The van der Waals surface area contributed by atoms with Gasteiger partial charge in [0, 0.05) is 22.5 Å². The van der Waals surface area contributed by atoms with Gasteiger partial charge in [-0.2, -0.15) is 0 Å². The van der Waals surface area contributed by atoms with E-state index in [0.717, 1.165) is 12.8 Å². The zero-order chi connectivity index (χ0) is 14.4. The number of hydrogen-bond donors (Lipinski definition) is 1. The summed E-state index contributed by atoms with van der Waals surface area (Å²) in [5.74, 6) is -0.469. The Kier molecular flexibility index (Phi) is 6.24. The molecule has 1 aromatic rings. The van der Waals surface area contributed by atoms with E-state index < -0.39 is 10.8 Å². The molecule has 1 unspecified atom stereocenters. The third-order valence-electron chi connectivity index (χ3n) is 2.49. The lowest BCUT2D eigenvalue weighted by Crippen LogP contribution is -2.30. The Labute approximate surface area is 124 Å². The van der Waals surface area contributed by atoms with Crippen LogP contribution < -0.4 is 5.32 Å². The third-order valence-corrected chi connectivity index (χ3v) is 3.50. The number of nitro benzene ring substituents is 1. The maximum atomic E-state index is 11.9. The fourth-order valence-corrected chi connectivity index (χ4v) is 2.35. The first-order chi connectivity index (χ1) is 8.95. The van der Waals surface area contributed by atoms with Gasteiger partial charge in [0.25, 0.3) is 11.6 Å². The minimum Gasteiger partial charge on any atom is -0.351 e. The van der Waals surface area contributed by atoms with Crippen LogP contribution in [0.15, 0.2) is 18.2 Å². The van der Waals surface area contributed by atoms with E-state index in [2.05, 4.69) is 21.2 Å². The number of alkyl halides is 1. The molecule has 104 valence electrons. The molecule has 0 saturated carbocycles. The van der Waals surface area contributed by atoms with Crippen LogP contribution in [0.5, 0.6) is 0 Å². The SMILES string of the molecule is CCCC(Br)CNC(=O)c1ccc(Cl)cc1[N+](=O)[O-]. The van der Waals surface area contributed by atoms with E-state index in [1.54, 1.807) is 0 Å². The van der Waals surface area contributed by atoms with E-state index >= 15 is 0 Å². The van der Waals surface area contributed by atoms with Gasteiger partial charge in [-0.3, -0.25) is 14.9 Å². The van der Waals surface area contributed by atoms with Crippen LogP contribution in [0.3, 0.4) is 0 Å². The molecule has 7 heteroatoms. The molecule has 0 aliphatic heterocycles. The second-order valence-electron chi connectivity index (χ2n) is 4.01. The first-order valence-corrected chi connectivity index (χ1v) is 7.11. The van der Waals surface area contributed by atoms with E-state index in [1.165, 1.54) is 18.2 Å². The molecule has 0 radical (unpaired) electrons. The van der Waals surface area contributed by atoms with E-state index in [9.17, 15) is 14.9 Å². The fourth-order valence-electron chi connectivity index (χ4n) is 1.56. The molecular formula is C12H14BrClN2O3. The minimum atomic E-state index is -0.613. The standard InChI is InChI=1S/C12H14BrClN2O3/c1-2-3-8(13)7-15-12(17)10-5-4-9(14)6-11(10)16(18)19/h4-6,8H,2-3,7H2,1H3,(H,15,17). The average Bonchev–Trinajstić information content (AvgIpc) is 2.36. The summed E-state index contributed by atoms with van der Waals surface area (Å²) >= 11 is 9.12. The number of nitrogens with zero attached hydrogens (tertiary/aromatic N) is 1. The van der Waals surface area contributed by atoms with Gasteiger partial charge in [0.1, 0.15) is 5.56 Å². The number of amides is 1. The van der Waals surface area contributed by atoms with Gasteiger partial charge in [-0.05, 0) is 18.6 Å². The van der Waals surface area contributed by atoms with Crippen molar-refractivity contribution in [2.45, 2.75) is 24.6 Å². The zero-order valence-electron chi connectivity index (χ0n) is 10.4. The first kappa shape index (κ1) is 15.9. The maximum absolute atomic E-state index is 11.9. The second kappa shape index (κ2) is 7.45. The number of benzene rings is 1. The largest absolute Gasteiger partial charge is 0.351 e. The van der Waals surface area contributed by atoms with Gasteiger partial charge in [-0.15, -0.1) is 0 Å². The molecule has 0 fully saturated rings. The summed E-state index contributed by atoms with van der Waals surface area (Å²) < 4.78 is 0. The smallest absolute Gasteiger partial charge is 0.283 e. The summed E-state index contributed by atoms with van der Waals surface area (Å²) in [4.78, 5) is 22.3. The molecule has 1 atom stereocenters. The first-order valence-electron chi connectivity index (χ1n) is 5.82. The van der Waals surface area contributed by atoms with Crippen LogP contribution in [0, 0.1) is 10.1 Å². The minimum absolute atomic E-state index is 0.0191. The summed E-state index contributed by atoms with van der Waals surface area (Å²) in [6.07, 6.45) is 1.91. The summed E-state index contributed by atoms with van der Waals surface area (Å²) in [7, 11) is 0. The number of hydrogen-bond acceptors (Lipinski definition) is 3. The van der Waals surface area contributed by atoms with Crippen molar-refractivity contribution in [2.75, 3.05) is 6.54 Å². The Balaban J connectivity index is 2.79. The highest BCUT2D eigenvalue weighted by molar-refractivity contribution is 9.09. The van der Waals surface area contributed by atoms with E-state index in [-0.39, 0.29) is 21.1 Å². The van der Waals surface area contributed by atoms with Crippen LogP contribution in [0.1, 0.15) is 30.1 Å². The summed E-state index contributed by atoms with van der Waals surface area (Å²) in [5, 5.41) is 13.8. The van der Waals surface area contributed by atoms with Crippen LogP contribution in [0.25, 0.3) is 0 Å². The van der Waals surface area contributed by atoms with Crippen LogP contribution in [0.4, 0.5) is 5.69 Å². The van der Waals surface area contributed by atoms with Crippen molar-refractivity contribution >= 4 is 39.1 Å². The Hall–Kier alpha value is -1.14. The quantitative estimate of drug-likeness (QED) is 0.485. The van der Waals surface area contributed by atoms with Gasteiger partial charge in [0.05, 0.1) is 4.92 Å². The molecule has 1 amide bonds.